The number of amides is 1. The number of phenolic OH excluding ortho intramolecular Hbond substituents is 1. The number of nitrogens with one attached hydrogen (secondary N) is 1. The van der Waals surface area contributed by atoms with E-state index < -0.39 is 5.91 Å². The van der Waals surface area contributed by atoms with Crippen molar-refractivity contribution in [2.75, 3.05) is 7.05 Å². The van der Waals surface area contributed by atoms with Gasteiger partial charge in [-0.25, -0.2) is 0 Å². The molecule has 0 aliphatic heterocycles. The summed E-state index contributed by atoms with van der Waals surface area (Å²) in [6.07, 6.45) is 0. The molecule has 0 aliphatic rings. The molecule has 1 aromatic rings. The maximum Gasteiger partial charge on any atom is 0.254 e. The maximum absolute atomic E-state index is 11.1. The summed E-state index contributed by atoms with van der Waals surface area (Å²) in [7, 11) is 1.46. The van der Waals surface area contributed by atoms with Gasteiger partial charge in [0, 0.05) is 7.05 Å². The molecule has 0 aromatic heterocycles. The first-order valence-electron chi connectivity index (χ1n) is 3.64. The van der Waals surface area contributed by atoms with Crippen LogP contribution in [0, 0.1) is 11.3 Å². The molecule has 0 fully saturated rings. The van der Waals surface area contributed by atoms with E-state index in [1.165, 1.54) is 25.2 Å². The van der Waals surface area contributed by atoms with Gasteiger partial charge in [0.15, 0.2) is 0 Å². The highest BCUT2D eigenvalue weighted by atomic mass is 16.3. The molecule has 0 saturated heterocycles. The minimum Gasteiger partial charge on any atom is -0.507 e. The number of aromatic hydroxyl groups is 1. The Balaban J connectivity index is 3.20. The summed E-state index contributed by atoms with van der Waals surface area (Å²) in [5.74, 6) is -0.534. The molecule has 1 rings (SSSR count). The van der Waals surface area contributed by atoms with E-state index in [0.29, 0.717) is 5.56 Å². The zero-order chi connectivity index (χ0) is 9.84. The van der Waals surface area contributed by atoms with E-state index in [0.717, 1.165) is 0 Å². The number of rotatable bonds is 1. The van der Waals surface area contributed by atoms with Gasteiger partial charge in [-0.05, 0) is 18.2 Å². The van der Waals surface area contributed by atoms with Crippen LogP contribution in [-0.2, 0) is 0 Å². The number of hydrogen-bond acceptors (Lipinski definition) is 3. The van der Waals surface area contributed by atoms with Gasteiger partial charge in [0.2, 0.25) is 0 Å². The van der Waals surface area contributed by atoms with Crippen LogP contribution in [0.4, 0.5) is 0 Å². The monoisotopic (exact) mass is 176 g/mol. The quantitative estimate of drug-likeness (QED) is 0.658. The highest BCUT2D eigenvalue weighted by molar-refractivity contribution is 5.96. The number of carbonyl (C=O) groups excluding carboxylic acids is 1. The highest BCUT2D eigenvalue weighted by Gasteiger charge is 2.09. The summed E-state index contributed by atoms with van der Waals surface area (Å²) in [5, 5.41) is 20.2. The van der Waals surface area contributed by atoms with Gasteiger partial charge in [0.05, 0.1) is 17.2 Å². The van der Waals surface area contributed by atoms with Crippen molar-refractivity contribution in [3.8, 4) is 11.8 Å². The van der Waals surface area contributed by atoms with Crippen LogP contribution in [-0.4, -0.2) is 18.1 Å². The molecular formula is C9H8N2O2. The first-order chi connectivity index (χ1) is 6.19. The van der Waals surface area contributed by atoms with E-state index in [-0.39, 0.29) is 11.3 Å². The minimum absolute atomic E-state index is 0.113. The first-order valence-corrected chi connectivity index (χ1v) is 3.64. The van der Waals surface area contributed by atoms with E-state index in [2.05, 4.69) is 5.32 Å². The summed E-state index contributed by atoms with van der Waals surface area (Å²) < 4.78 is 0. The third-order valence-electron chi connectivity index (χ3n) is 1.60. The molecule has 0 saturated carbocycles. The predicted molar refractivity (Wildman–Crippen MR) is 46.2 cm³/mol. The van der Waals surface area contributed by atoms with Crippen LogP contribution in [0.2, 0.25) is 0 Å². The van der Waals surface area contributed by atoms with Gasteiger partial charge in [-0.15, -0.1) is 0 Å². The van der Waals surface area contributed by atoms with Gasteiger partial charge < -0.3 is 10.4 Å². The van der Waals surface area contributed by atoms with Gasteiger partial charge in [0.25, 0.3) is 5.91 Å². The van der Waals surface area contributed by atoms with Crippen LogP contribution >= 0.6 is 0 Å². The molecule has 4 nitrogen and oxygen atoms in total. The zero-order valence-electron chi connectivity index (χ0n) is 7.03. The summed E-state index contributed by atoms with van der Waals surface area (Å²) in [4.78, 5) is 11.1. The summed E-state index contributed by atoms with van der Waals surface area (Å²) in [6, 6.07) is 5.99. The van der Waals surface area contributed by atoms with Crippen molar-refractivity contribution in [1.82, 2.24) is 5.32 Å². The van der Waals surface area contributed by atoms with E-state index in [9.17, 15) is 9.90 Å². The second-order valence-electron chi connectivity index (χ2n) is 2.42. The van der Waals surface area contributed by atoms with E-state index in [4.69, 9.17) is 5.26 Å². The van der Waals surface area contributed by atoms with Gasteiger partial charge in [-0.1, -0.05) is 0 Å². The highest BCUT2D eigenvalue weighted by Crippen LogP contribution is 2.17. The van der Waals surface area contributed by atoms with Crippen molar-refractivity contribution in [1.29, 1.82) is 5.26 Å². The van der Waals surface area contributed by atoms with Crippen molar-refractivity contribution >= 4 is 5.91 Å². The fraction of sp³-hybridized carbons (Fsp3) is 0.111. The fourth-order valence-electron chi connectivity index (χ4n) is 0.922. The largest absolute Gasteiger partial charge is 0.507 e. The van der Waals surface area contributed by atoms with Crippen LogP contribution in [0.15, 0.2) is 18.2 Å². The number of phenols is 1. The van der Waals surface area contributed by atoms with Crippen molar-refractivity contribution < 1.29 is 9.90 Å². The first kappa shape index (κ1) is 9.07. The average molecular weight is 176 g/mol. The van der Waals surface area contributed by atoms with Crippen LogP contribution in [0.25, 0.3) is 0 Å². The molecular weight excluding hydrogens is 168 g/mol. The van der Waals surface area contributed by atoms with Gasteiger partial charge >= 0.3 is 0 Å². The smallest absolute Gasteiger partial charge is 0.254 e. The van der Waals surface area contributed by atoms with Crippen LogP contribution in [0.3, 0.4) is 0 Å². The molecule has 1 aromatic carbocycles. The molecule has 66 valence electrons. The molecule has 0 heterocycles. The molecule has 4 heteroatoms. The van der Waals surface area contributed by atoms with E-state index in [1.807, 2.05) is 6.07 Å². The second-order valence-corrected chi connectivity index (χ2v) is 2.42. The topological polar surface area (TPSA) is 73.1 Å². The van der Waals surface area contributed by atoms with Gasteiger partial charge in [-0.2, -0.15) is 5.26 Å². The Morgan fingerprint density at radius 1 is 1.62 bits per heavy atom. The SMILES string of the molecule is CNC(=O)c1cc(C#N)ccc1O. The van der Waals surface area contributed by atoms with Gasteiger partial charge in [0.1, 0.15) is 5.75 Å². The minimum atomic E-state index is -0.408. The zero-order valence-corrected chi connectivity index (χ0v) is 7.03. The van der Waals surface area contributed by atoms with Crippen LogP contribution in [0.5, 0.6) is 5.75 Å². The molecule has 2 N–H and O–H groups in total. The van der Waals surface area contributed by atoms with Gasteiger partial charge in [-0.3, -0.25) is 4.79 Å². The lowest BCUT2D eigenvalue weighted by Crippen LogP contribution is -2.17. The molecule has 0 radical (unpaired) electrons. The third-order valence-corrected chi connectivity index (χ3v) is 1.60. The molecule has 13 heavy (non-hydrogen) atoms. The summed E-state index contributed by atoms with van der Waals surface area (Å²) in [5.41, 5.74) is 0.456. The number of carbonyl (C=O) groups is 1. The fourth-order valence-corrected chi connectivity index (χ4v) is 0.922. The van der Waals surface area contributed by atoms with Crippen molar-refractivity contribution in [2.45, 2.75) is 0 Å². The average Bonchev–Trinajstić information content (AvgIpc) is 2.17. The lowest BCUT2D eigenvalue weighted by molar-refractivity contribution is 0.0960. The van der Waals surface area contributed by atoms with Crippen molar-refractivity contribution in [3.63, 3.8) is 0 Å². The van der Waals surface area contributed by atoms with Crippen LogP contribution < -0.4 is 5.32 Å². The Kier molecular flexibility index (Phi) is 2.50. The van der Waals surface area contributed by atoms with Crippen molar-refractivity contribution in [2.24, 2.45) is 0 Å². The molecule has 0 unspecified atom stereocenters. The Morgan fingerprint density at radius 3 is 2.85 bits per heavy atom. The molecule has 0 aliphatic carbocycles. The Bertz CT molecular complexity index is 380. The number of nitriles is 1. The summed E-state index contributed by atoms with van der Waals surface area (Å²) in [6.45, 7) is 0. The standard InChI is InChI=1S/C9H8N2O2/c1-11-9(13)7-4-6(5-10)2-3-8(7)12/h2-4,12H,1H3,(H,11,13). The second kappa shape index (κ2) is 3.59. The number of hydrogen-bond donors (Lipinski definition) is 2. The molecule has 0 spiro atoms. The molecule has 0 atom stereocenters. The number of nitrogens with zero attached hydrogens (tertiary/aromatic N) is 1. The van der Waals surface area contributed by atoms with Crippen LogP contribution in [0.1, 0.15) is 15.9 Å². The Hall–Kier alpha value is -2.02. The lowest BCUT2D eigenvalue weighted by Gasteiger charge is -2.02. The van der Waals surface area contributed by atoms with E-state index >= 15 is 0 Å². The normalized spacial score (nSPS) is 8.92. The predicted octanol–water partition coefficient (Wildman–Crippen LogP) is 0.623. The third kappa shape index (κ3) is 1.76. The number of benzene rings is 1. The molecule has 0 bridgehead atoms. The van der Waals surface area contributed by atoms with Crippen molar-refractivity contribution in [3.05, 3.63) is 29.3 Å². The Morgan fingerprint density at radius 2 is 2.31 bits per heavy atom. The Labute approximate surface area is 75.4 Å². The summed E-state index contributed by atoms with van der Waals surface area (Å²) >= 11 is 0. The maximum atomic E-state index is 11.1. The molecule has 1 amide bonds. The lowest BCUT2D eigenvalue weighted by atomic mass is 10.1. The van der Waals surface area contributed by atoms with E-state index in [1.54, 1.807) is 0 Å².